The Kier molecular flexibility index (Phi) is 4.81. The quantitative estimate of drug-likeness (QED) is 0.260. The van der Waals surface area contributed by atoms with Crippen LogP contribution in [0, 0.1) is 0 Å². The average Bonchev–Trinajstić information content (AvgIpc) is 3.33. The fourth-order valence-electron chi connectivity index (χ4n) is 5.02. The van der Waals surface area contributed by atoms with Gasteiger partial charge in [-0.25, -0.2) is 4.98 Å². The van der Waals surface area contributed by atoms with Gasteiger partial charge in [0.15, 0.2) is 5.16 Å². The van der Waals surface area contributed by atoms with Gasteiger partial charge in [-0.1, -0.05) is 109 Å². The number of fused-ring (bicyclic) bond motifs is 5. The second kappa shape index (κ2) is 8.30. The largest absolute Gasteiger partial charge is 0.287 e. The van der Waals surface area contributed by atoms with Gasteiger partial charge in [0, 0.05) is 5.75 Å². The number of hydrogen-bond acceptors (Lipinski definition) is 2. The van der Waals surface area contributed by atoms with Gasteiger partial charge in [0.1, 0.15) is 0 Å². The van der Waals surface area contributed by atoms with Gasteiger partial charge >= 0.3 is 0 Å². The van der Waals surface area contributed by atoms with Crippen LogP contribution in [0.2, 0.25) is 0 Å². The van der Waals surface area contributed by atoms with Crippen LogP contribution in [0.25, 0.3) is 50.1 Å². The monoisotopic (exact) mass is 466 g/mol. The predicted octanol–water partition coefficient (Wildman–Crippen LogP) is 8.63. The molecule has 1 aliphatic rings. The standard InChI is InChI=1S/C32H22N2S/c1-2-9-22(10-3-1)27-13-4-5-14-28(27)25-12-8-11-23(19-25)24-17-18-26-21-35-32-33-29-15-6-7-16-30(29)34(32)31(26)20-24/h1-20H,21H2. The molecule has 0 saturated heterocycles. The predicted molar refractivity (Wildman–Crippen MR) is 147 cm³/mol. The maximum Gasteiger partial charge on any atom is 0.174 e. The molecule has 1 aliphatic heterocycles. The van der Waals surface area contributed by atoms with Crippen molar-refractivity contribution in [1.82, 2.24) is 9.55 Å². The number of imidazole rings is 1. The molecule has 2 heterocycles. The molecule has 0 fully saturated rings. The van der Waals surface area contributed by atoms with E-state index in [9.17, 15) is 0 Å². The normalized spacial score (nSPS) is 12.3. The molecule has 0 N–H and O–H groups in total. The van der Waals surface area contributed by atoms with Gasteiger partial charge in [0.25, 0.3) is 0 Å². The van der Waals surface area contributed by atoms with Crippen molar-refractivity contribution >= 4 is 22.8 Å². The van der Waals surface area contributed by atoms with Crippen LogP contribution in [0.3, 0.4) is 0 Å². The number of thioether (sulfide) groups is 1. The minimum Gasteiger partial charge on any atom is -0.287 e. The topological polar surface area (TPSA) is 17.8 Å². The van der Waals surface area contributed by atoms with Gasteiger partial charge in [0.05, 0.1) is 16.7 Å². The molecular weight excluding hydrogens is 444 g/mol. The maximum atomic E-state index is 4.87. The van der Waals surface area contributed by atoms with Crippen LogP contribution in [0.1, 0.15) is 5.56 Å². The first-order chi connectivity index (χ1) is 17.3. The first-order valence-electron chi connectivity index (χ1n) is 11.8. The van der Waals surface area contributed by atoms with E-state index in [4.69, 9.17) is 4.98 Å². The average molecular weight is 467 g/mol. The second-order valence-electron chi connectivity index (χ2n) is 8.84. The Morgan fingerprint density at radius 3 is 2.14 bits per heavy atom. The van der Waals surface area contributed by atoms with E-state index in [0.29, 0.717) is 0 Å². The first kappa shape index (κ1) is 20.3. The Hall–Kier alpha value is -4.08. The summed E-state index contributed by atoms with van der Waals surface area (Å²) in [6.45, 7) is 0. The maximum absolute atomic E-state index is 4.87. The van der Waals surface area contributed by atoms with E-state index in [-0.39, 0.29) is 0 Å². The zero-order chi connectivity index (χ0) is 23.2. The van der Waals surface area contributed by atoms with Crippen LogP contribution in [0.4, 0.5) is 0 Å². The van der Waals surface area contributed by atoms with E-state index >= 15 is 0 Å². The summed E-state index contributed by atoms with van der Waals surface area (Å²) < 4.78 is 2.32. The zero-order valence-corrected chi connectivity index (χ0v) is 19.9. The van der Waals surface area contributed by atoms with E-state index in [0.717, 1.165) is 16.4 Å². The summed E-state index contributed by atoms with van der Waals surface area (Å²) in [4.78, 5) is 4.87. The zero-order valence-electron chi connectivity index (χ0n) is 19.1. The lowest BCUT2D eigenvalue weighted by Crippen LogP contribution is -2.06. The molecule has 0 amide bonds. The summed E-state index contributed by atoms with van der Waals surface area (Å²) in [6, 6.07) is 43.4. The molecule has 0 radical (unpaired) electrons. The van der Waals surface area contributed by atoms with Gasteiger partial charge in [-0.05, 0) is 63.2 Å². The molecule has 0 unspecified atom stereocenters. The molecular formula is C32H22N2S. The van der Waals surface area contributed by atoms with E-state index < -0.39 is 0 Å². The van der Waals surface area contributed by atoms with Gasteiger partial charge in [-0.15, -0.1) is 0 Å². The van der Waals surface area contributed by atoms with Crippen LogP contribution in [-0.4, -0.2) is 9.55 Å². The minimum atomic E-state index is 0.948. The summed E-state index contributed by atoms with van der Waals surface area (Å²) in [6.07, 6.45) is 0. The highest BCUT2D eigenvalue weighted by molar-refractivity contribution is 7.98. The molecule has 0 saturated carbocycles. The number of rotatable bonds is 3. The summed E-state index contributed by atoms with van der Waals surface area (Å²) in [5, 5.41) is 1.07. The molecule has 0 bridgehead atoms. The molecule has 5 aromatic carbocycles. The van der Waals surface area contributed by atoms with Crippen LogP contribution in [0.15, 0.2) is 126 Å². The summed E-state index contributed by atoms with van der Waals surface area (Å²) in [5.41, 5.74) is 12.2. The number of aromatic nitrogens is 2. The lowest BCUT2D eigenvalue weighted by atomic mass is 9.92. The van der Waals surface area contributed by atoms with E-state index in [1.54, 1.807) is 0 Å². The number of nitrogens with zero attached hydrogens (tertiary/aromatic N) is 2. The van der Waals surface area contributed by atoms with Crippen molar-refractivity contribution < 1.29 is 0 Å². The minimum absolute atomic E-state index is 0.948. The van der Waals surface area contributed by atoms with Crippen molar-refractivity contribution in [2.24, 2.45) is 0 Å². The van der Waals surface area contributed by atoms with Gasteiger partial charge < -0.3 is 0 Å². The Balaban J connectivity index is 1.35. The molecule has 0 atom stereocenters. The third-order valence-electron chi connectivity index (χ3n) is 6.73. The third kappa shape index (κ3) is 3.48. The molecule has 35 heavy (non-hydrogen) atoms. The van der Waals surface area contributed by atoms with E-state index in [2.05, 4.69) is 126 Å². The molecule has 0 aliphatic carbocycles. The smallest absolute Gasteiger partial charge is 0.174 e. The van der Waals surface area contributed by atoms with Crippen molar-refractivity contribution in [3.63, 3.8) is 0 Å². The van der Waals surface area contributed by atoms with Crippen molar-refractivity contribution in [2.45, 2.75) is 10.9 Å². The van der Waals surface area contributed by atoms with Crippen molar-refractivity contribution in [3.8, 4) is 39.1 Å². The highest BCUT2D eigenvalue weighted by Gasteiger charge is 2.21. The van der Waals surface area contributed by atoms with Crippen molar-refractivity contribution in [2.75, 3.05) is 0 Å². The third-order valence-corrected chi connectivity index (χ3v) is 7.72. The Bertz CT molecular complexity index is 1700. The molecule has 166 valence electrons. The molecule has 0 spiro atoms. The van der Waals surface area contributed by atoms with Crippen LogP contribution >= 0.6 is 11.8 Å². The summed E-state index contributed by atoms with van der Waals surface area (Å²) in [7, 11) is 0. The van der Waals surface area contributed by atoms with Crippen LogP contribution < -0.4 is 0 Å². The van der Waals surface area contributed by atoms with Gasteiger partial charge in [0.2, 0.25) is 0 Å². The number of benzene rings is 5. The Morgan fingerprint density at radius 2 is 1.26 bits per heavy atom. The molecule has 2 nitrogen and oxygen atoms in total. The summed E-state index contributed by atoms with van der Waals surface area (Å²) >= 11 is 1.81. The van der Waals surface area contributed by atoms with Gasteiger partial charge in [-0.3, -0.25) is 4.57 Å². The van der Waals surface area contributed by atoms with Crippen LogP contribution in [-0.2, 0) is 5.75 Å². The molecule has 6 aromatic rings. The lowest BCUT2D eigenvalue weighted by Gasteiger charge is -2.20. The molecule has 7 rings (SSSR count). The fraction of sp³-hybridized carbons (Fsp3) is 0.0312. The number of para-hydroxylation sites is 2. The number of hydrogen-bond donors (Lipinski definition) is 0. The van der Waals surface area contributed by atoms with Gasteiger partial charge in [-0.2, -0.15) is 0 Å². The molecule has 1 aromatic heterocycles. The Labute approximate surface area is 208 Å². The highest BCUT2D eigenvalue weighted by atomic mass is 32.2. The molecule has 3 heteroatoms. The second-order valence-corrected chi connectivity index (χ2v) is 9.79. The van der Waals surface area contributed by atoms with Crippen LogP contribution in [0.5, 0.6) is 0 Å². The van der Waals surface area contributed by atoms with Crippen molar-refractivity contribution in [3.05, 3.63) is 127 Å². The van der Waals surface area contributed by atoms with E-state index in [1.807, 2.05) is 11.8 Å². The Morgan fingerprint density at radius 1 is 0.571 bits per heavy atom. The fourth-order valence-corrected chi connectivity index (χ4v) is 6.04. The SMILES string of the molecule is c1ccc(-c2ccccc2-c2cccc(-c3ccc4c(c3)-n3c(nc5ccccc53)SC4)c2)cc1. The highest BCUT2D eigenvalue weighted by Crippen LogP contribution is 2.39. The van der Waals surface area contributed by atoms with E-state index in [1.165, 1.54) is 50.1 Å². The summed E-state index contributed by atoms with van der Waals surface area (Å²) in [5.74, 6) is 0.948. The lowest BCUT2D eigenvalue weighted by molar-refractivity contribution is 0.895. The first-order valence-corrected chi connectivity index (χ1v) is 12.8. The van der Waals surface area contributed by atoms with Crippen molar-refractivity contribution in [1.29, 1.82) is 0 Å².